The molecule has 116 valence electrons. The fourth-order valence-electron chi connectivity index (χ4n) is 3.00. The van der Waals surface area contributed by atoms with Crippen molar-refractivity contribution in [3.05, 3.63) is 0 Å². The number of hydrogen-bond acceptors (Lipinski definition) is 3. The van der Waals surface area contributed by atoms with Crippen molar-refractivity contribution < 1.29 is 19.8 Å². The Morgan fingerprint density at radius 3 is 1.35 bits per heavy atom. The SMILES string of the molecule is C1CCC(NC2CCCCC2)CC1.O=C(O)CC(=O)O. The van der Waals surface area contributed by atoms with Crippen molar-refractivity contribution in [2.24, 2.45) is 0 Å². The summed E-state index contributed by atoms with van der Waals surface area (Å²) >= 11 is 0. The van der Waals surface area contributed by atoms with Crippen molar-refractivity contribution in [1.29, 1.82) is 0 Å². The average Bonchev–Trinajstić information content (AvgIpc) is 2.40. The van der Waals surface area contributed by atoms with Crippen LogP contribution in [0.5, 0.6) is 0 Å². The Labute approximate surface area is 120 Å². The highest BCUT2D eigenvalue weighted by Gasteiger charge is 2.19. The van der Waals surface area contributed by atoms with Gasteiger partial charge in [0.25, 0.3) is 0 Å². The Hall–Kier alpha value is -1.10. The van der Waals surface area contributed by atoms with E-state index in [4.69, 9.17) is 10.2 Å². The molecule has 0 heterocycles. The third kappa shape index (κ3) is 8.15. The van der Waals surface area contributed by atoms with Gasteiger partial charge in [0.15, 0.2) is 0 Å². The molecule has 5 heteroatoms. The Balaban J connectivity index is 0.000000246. The summed E-state index contributed by atoms with van der Waals surface area (Å²) < 4.78 is 0. The van der Waals surface area contributed by atoms with E-state index in [2.05, 4.69) is 5.32 Å². The van der Waals surface area contributed by atoms with Gasteiger partial charge >= 0.3 is 11.9 Å². The second-order valence-electron chi connectivity index (χ2n) is 5.80. The lowest BCUT2D eigenvalue weighted by Crippen LogP contribution is -2.40. The molecule has 3 N–H and O–H groups in total. The fourth-order valence-corrected chi connectivity index (χ4v) is 3.00. The van der Waals surface area contributed by atoms with Crippen LogP contribution in [0.4, 0.5) is 0 Å². The van der Waals surface area contributed by atoms with Crippen LogP contribution < -0.4 is 5.32 Å². The van der Waals surface area contributed by atoms with Crippen LogP contribution in [-0.2, 0) is 9.59 Å². The molecule has 20 heavy (non-hydrogen) atoms. The summed E-state index contributed by atoms with van der Waals surface area (Å²) in [5.41, 5.74) is 0. The van der Waals surface area contributed by atoms with Gasteiger partial charge < -0.3 is 15.5 Å². The molecule has 0 saturated heterocycles. The first-order chi connectivity index (χ1) is 9.58. The zero-order valence-electron chi connectivity index (χ0n) is 12.1. The zero-order valence-corrected chi connectivity index (χ0v) is 12.1. The van der Waals surface area contributed by atoms with Crippen molar-refractivity contribution in [3.8, 4) is 0 Å². The highest BCUT2D eigenvalue weighted by atomic mass is 16.4. The molecular formula is C15H27NO4. The Morgan fingerprint density at radius 1 is 0.750 bits per heavy atom. The molecule has 5 nitrogen and oxygen atoms in total. The van der Waals surface area contributed by atoms with Crippen LogP contribution in [-0.4, -0.2) is 34.2 Å². The van der Waals surface area contributed by atoms with Gasteiger partial charge in [0.05, 0.1) is 0 Å². The van der Waals surface area contributed by atoms with E-state index in [9.17, 15) is 9.59 Å². The molecule has 0 unspecified atom stereocenters. The number of aliphatic carboxylic acids is 2. The molecule has 2 aliphatic rings. The standard InChI is InChI=1S/C12H23N.C3H4O4/c1-3-7-11(8-4-1)13-12-9-5-2-6-10-12;4-2(5)1-3(6)7/h11-13H,1-10H2;1H2,(H,4,5)(H,6,7). The van der Waals surface area contributed by atoms with Crippen LogP contribution in [0.2, 0.25) is 0 Å². The third-order valence-electron chi connectivity index (χ3n) is 3.98. The summed E-state index contributed by atoms with van der Waals surface area (Å²) in [5, 5.41) is 19.3. The largest absolute Gasteiger partial charge is 0.481 e. The van der Waals surface area contributed by atoms with Crippen LogP contribution in [0.25, 0.3) is 0 Å². The quantitative estimate of drug-likeness (QED) is 0.691. The topological polar surface area (TPSA) is 86.6 Å². The molecule has 0 amide bonds. The molecule has 2 aliphatic carbocycles. The Kier molecular flexibility index (Phi) is 8.26. The minimum absolute atomic E-state index is 0.806. The molecule has 0 radical (unpaired) electrons. The molecule has 0 bridgehead atoms. The molecule has 0 aromatic carbocycles. The predicted molar refractivity (Wildman–Crippen MR) is 76.8 cm³/mol. The first kappa shape index (κ1) is 17.0. The van der Waals surface area contributed by atoms with Gasteiger partial charge in [-0.2, -0.15) is 0 Å². The maximum absolute atomic E-state index is 9.43. The van der Waals surface area contributed by atoms with Gasteiger partial charge in [-0.3, -0.25) is 9.59 Å². The first-order valence-corrected chi connectivity index (χ1v) is 7.77. The molecule has 0 aliphatic heterocycles. The maximum atomic E-state index is 9.43. The lowest BCUT2D eigenvalue weighted by Gasteiger charge is -2.30. The van der Waals surface area contributed by atoms with Gasteiger partial charge in [0.1, 0.15) is 6.42 Å². The van der Waals surface area contributed by atoms with Gasteiger partial charge in [-0.1, -0.05) is 38.5 Å². The van der Waals surface area contributed by atoms with Crippen molar-refractivity contribution in [1.82, 2.24) is 5.32 Å². The highest BCUT2D eigenvalue weighted by molar-refractivity contribution is 5.88. The van der Waals surface area contributed by atoms with Gasteiger partial charge in [-0.05, 0) is 25.7 Å². The van der Waals surface area contributed by atoms with Crippen LogP contribution in [0.1, 0.15) is 70.6 Å². The molecular weight excluding hydrogens is 258 g/mol. The van der Waals surface area contributed by atoms with Crippen LogP contribution in [0.15, 0.2) is 0 Å². The van der Waals surface area contributed by atoms with E-state index in [0.29, 0.717) is 0 Å². The molecule has 0 atom stereocenters. The monoisotopic (exact) mass is 285 g/mol. The summed E-state index contributed by atoms with van der Waals surface area (Å²) in [6, 6.07) is 1.74. The van der Waals surface area contributed by atoms with Crippen molar-refractivity contribution >= 4 is 11.9 Å². The number of carboxylic acid groups (broad SMARTS) is 2. The number of carbonyl (C=O) groups is 2. The van der Waals surface area contributed by atoms with Gasteiger partial charge in [-0.15, -0.1) is 0 Å². The maximum Gasteiger partial charge on any atom is 0.314 e. The number of carboxylic acids is 2. The fraction of sp³-hybridized carbons (Fsp3) is 0.867. The minimum atomic E-state index is -1.31. The Morgan fingerprint density at radius 2 is 1.10 bits per heavy atom. The van der Waals surface area contributed by atoms with Crippen LogP contribution in [0, 0.1) is 0 Å². The normalized spacial score (nSPS) is 20.8. The molecule has 2 rings (SSSR count). The zero-order chi connectivity index (χ0) is 14.8. The smallest absolute Gasteiger partial charge is 0.314 e. The third-order valence-corrected chi connectivity index (χ3v) is 3.98. The predicted octanol–water partition coefficient (Wildman–Crippen LogP) is 2.79. The Bertz CT molecular complexity index is 266. The second-order valence-corrected chi connectivity index (χ2v) is 5.80. The summed E-state index contributed by atoms with van der Waals surface area (Å²) in [4.78, 5) is 18.9. The van der Waals surface area contributed by atoms with Gasteiger partial charge in [0, 0.05) is 12.1 Å². The molecule has 0 spiro atoms. The lowest BCUT2D eigenvalue weighted by atomic mass is 9.91. The van der Waals surface area contributed by atoms with Crippen LogP contribution >= 0.6 is 0 Å². The van der Waals surface area contributed by atoms with Gasteiger partial charge in [-0.25, -0.2) is 0 Å². The van der Waals surface area contributed by atoms with E-state index in [1.165, 1.54) is 64.2 Å². The summed E-state index contributed by atoms with van der Waals surface area (Å²) in [6.45, 7) is 0. The van der Waals surface area contributed by atoms with Gasteiger partial charge in [0.2, 0.25) is 0 Å². The van der Waals surface area contributed by atoms with E-state index in [1.807, 2.05) is 0 Å². The molecule has 2 fully saturated rings. The van der Waals surface area contributed by atoms with Crippen molar-refractivity contribution in [3.63, 3.8) is 0 Å². The van der Waals surface area contributed by atoms with E-state index in [0.717, 1.165) is 12.1 Å². The van der Waals surface area contributed by atoms with E-state index >= 15 is 0 Å². The highest BCUT2D eigenvalue weighted by Crippen LogP contribution is 2.22. The summed E-state index contributed by atoms with van der Waals surface area (Å²) in [7, 11) is 0. The van der Waals surface area contributed by atoms with Crippen LogP contribution in [0.3, 0.4) is 0 Å². The van der Waals surface area contributed by atoms with Crippen molar-refractivity contribution in [2.75, 3.05) is 0 Å². The molecule has 0 aromatic heterocycles. The molecule has 0 aromatic rings. The number of hydrogen-bond donors (Lipinski definition) is 3. The first-order valence-electron chi connectivity index (χ1n) is 7.77. The molecule has 2 saturated carbocycles. The van der Waals surface area contributed by atoms with E-state index in [1.54, 1.807) is 0 Å². The van der Waals surface area contributed by atoms with Crippen molar-refractivity contribution in [2.45, 2.75) is 82.7 Å². The second kappa shape index (κ2) is 9.75. The summed E-state index contributed by atoms with van der Waals surface area (Å²) in [5.74, 6) is -2.62. The van der Waals surface area contributed by atoms with E-state index < -0.39 is 18.4 Å². The lowest BCUT2D eigenvalue weighted by molar-refractivity contribution is -0.147. The average molecular weight is 285 g/mol. The number of nitrogens with one attached hydrogen (secondary N) is 1. The van der Waals surface area contributed by atoms with E-state index in [-0.39, 0.29) is 0 Å². The minimum Gasteiger partial charge on any atom is -0.481 e. The number of rotatable bonds is 4. The summed E-state index contributed by atoms with van der Waals surface area (Å²) in [6.07, 6.45) is 13.8.